The number of halogens is 2. The largest absolute Gasteiger partial charge is 0.399 e. The van der Waals surface area contributed by atoms with Crippen LogP contribution in [0.25, 0.3) is 0 Å². The minimum atomic E-state index is -0.108. The Morgan fingerprint density at radius 3 is 2.60 bits per heavy atom. The number of carbonyl (C=O) groups excluding carboxylic acids is 1. The van der Waals surface area contributed by atoms with Gasteiger partial charge in [0.05, 0.1) is 10.6 Å². The minimum Gasteiger partial charge on any atom is -0.399 e. The topological polar surface area (TPSA) is 55.1 Å². The summed E-state index contributed by atoms with van der Waals surface area (Å²) < 4.78 is 0. The van der Waals surface area contributed by atoms with Gasteiger partial charge in [-0.1, -0.05) is 30.9 Å². The molecule has 0 aliphatic heterocycles. The Bertz CT molecular complexity index is 459. The van der Waals surface area contributed by atoms with Gasteiger partial charge in [0, 0.05) is 11.7 Å². The van der Waals surface area contributed by atoms with Gasteiger partial charge >= 0.3 is 0 Å². The number of benzene rings is 1. The highest BCUT2D eigenvalue weighted by Gasteiger charge is 2.22. The van der Waals surface area contributed by atoms with Crippen molar-refractivity contribution < 1.29 is 4.79 Å². The summed E-state index contributed by atoms with van der Waals surface area (Å²) in [5.74, 6) is 0.480. The van der Waals surface area contributed by atoms with Crippen LogP contribution in [0.2, 0.25) is 5.02 Å². The van der Waals surface area contributed by atoms with Crippen molar-refractivity contribution in [2.45, 2.75) is 45.1 Å². The van der Waals surface area contributed by atoms with Gasteiger partial charge in [0.15, 0.2) is 0 Å². The second-order valence-corrected chi connectivity index (χ2v) is 5.81. The molecule has 3 nitrogen and oxygen atoms in total. The average Bonchev–Trinajstić information content (AvgIpc) is 2.39. The first-order valence-corrected chi connectivity index (χ1v) is 7.31. The van der Waals surface area contributed by atoms with Crippen molar-refractivity contribution in [3.8, 4) is 0 Å². The van der Waals surface area contributed by atoms with Gasteiger partial charge in [-0.15, -0.1) is 12.4 Å². The fraction of sp³-hybridized carbons (Fsp3) is 0.533. The Balaban J connectivity index is 0.00000200. The minimum absolute atomic E-state index is 0. The third-order valence-corrected chi connectivity index (χ3v) is 4.27. The second kappa shape index (κ2) is 7.75. The first kappa shape index (κ1) is 17.1. The van der Waals surface area contributed by atoms with Crippen molar-refractivity contribution in [3.63, 3.8) is 0 Å². The zero-order valence-electron chi connectivity index (χ0n) is 11.7. The maximum Gasteiger partial charge on any atom is 0.253 e. The van der Waals surface area contributed by atoms with E-state index in [1.54, 1.807) is 18.2 Å². The third-order valence-electron chi connectivity index (χ3n) is 3.95. The van der Waals surface area contributed by atoms with Gasteiger partial charge in [-0.05, 0) is 43.9 Å². The molecule has 5 heteroatoms. The van der Waals surface area contributed by atoms with Crippen molar-refractivity contribution in [2.24, 2.45) is 5.92 Å². The van der Waals surface area contributed by atoms with Gasteiger partial charge in [-0.3, -0.25) is 4.79 Å². The van der Waals surface area contributed by atoms with Gasteiger partial charge in [-0.2, -0.15) is 0 Å². The van der Waals surface area contributed by atoms with Crippen LogP contribution in [0.5, 0.6) is 0 Å². The lowest BCUT2D eigenvalue weighted by Crippen LogP contribution is -2.39. The lowest BCUT2D eigenvalue weighted by Gasteiger charge is -2.28. The molecular formula is C15H22Cl2N2O. The maximum atomic E-state index is 12.2. The summed E-state index contributed by atoms with van der Waals surface area (Å²) in [4.78, 5) is 12.2. The van der Waals surface area contributed by atoms with Gasteiger partial charge in [0.1, 0.15) is 0 Å². The zero-order chi connectivity index (χ0) is 13.8. The second-order valence-electron chi connectivity index (χ2n) is 5.40. The molecule has 1 amide bonds. The summed E-state index contributed by atoms with van der Waals surface area (Å²) >= 11 is 6.05. The number of hydrogen-bond acceptors (Lipinski definition) is 2. The Hall–Kier alpha value is -0.930. The predicted octanol–water partition coefficient (Wildman–Crippen LogP) is 4.04. The molecule has 1 atom stereocenters. The first-order chi connectivity index (χ1) is 9.08. The number of nitrogens with one attached hydrogen (secondary N) is 1. The van der Waals surface area contributed by atoms with Crippen LogP contribution in [0.4, 0.5) is 5.69 Å². The highest BCUT2D eigenvalue weighted by Crippen LogP contribution is 2.27. The summed E-state index contributed by atoms with van der Waals surface area (Å²) in [6.07, 6.45) is 6.27. The van der Waals surface area contributed by atoms with E-state index in [1.165, 1.54) is 32.1 Å². The van der Waals surface area contributed by atoms with E-state index in [4.69, 9.17) is 17.3 Å². The van der Waals surface area contributed by atoms with Crippen LogP contribution >= 0.6 is 24.0 Å². The van der Waals surface area contributed by atoms with Crippen LogP contribution in [-0.4, -0.2) is 11.9 Å². The summed E-state index contributed by atoms with van der Waals surface area (Å²) in [7, 11) is 0. The van der Waals surface area contributed by atoms with E-state index in [9.17, 15) is 4.79 Å². The molecule has 1 aliphatic rings. The van der Waals surface area contributed by atoms with Crippen molar-refractivity contribution in [3.05, 3.63) is 28.8 Å². The summed E-state index contributed by atoms with van der Waals surface area (Å²) in [6.45, 7) is 2.08. The van der Waals surface area contributed by atoms with Gasteiger partial charge in [-0.25, -0.2) is 0 Å². The monoisotopic (exact) mass is 316 g/mol. The molecule has 1 aliphatic carbocycles. The number of rotatable bonds is 3. The molecule has 0 spiro atoms. The van der Waals surface area contributed by atoms with Crippen LogP contribution in [-0.2, 0) is 0 Å². The standard InChI is InChI=1S/C15H21ClN2O.ClH/c1-10(11-5-3-2-4-6-11)18-15(19)13-8-7-12(17)9-14(13)16;/h7-11H,2-6,17H2,1H3,(H,18,19);1H. The Morgan fingerprint density at radius 2 is 2.00 bits per heavy atom. The molecule has 2 rings (SSSR count). The molecule has 1 aromatic rings. The summed E-state index contributed by atoms with van der Waals surface area (Å²) in [5.41, 5.74) is 6.70. The number of hydrogen-bond donors (Lipinski definition) is 2. The molecule has 0 saturated heterocycles. The van der Waals surface area contributed by atoms with E-state index in [-0.39, 0.29) is 24.4 Å². The van der Waals surface area contributed by atoms with Crippen LogP contribution in [0.15, 0.2) is 18.2 Å². The molecule has 1 fully saturated rings. The number of nitrogens with two attached hydrogens (primary N) is 1. The molecule has 3 N–H and O–H groups in total. The molecule has 1 saturated carbocycles. The van der Waals surface area contributed by atoms with Crippen molar-refractivity contribution in [1.82, 2.24) is 5.32 Å². The molecule has 20 heavy (non-hydrogen) atoms. The maximum absolute atomic E-state index is 12.2. The van der Waals surface area contributed by atoms with Crippen LogP contribution < -0.4 is 11.1 Å². The normalized spacial score (nSPS) is 17.1. The van der Waals surface area contributed by atoms with Gasteiger partial charge in [0.25, 0.3) is 5.91 Å². The fourth-order valence-corrected chi connectivity index (χ4v) is 3.03. The molecular weight excluding hydrogens is 295 g/mol. The smallest absolute Gasteiger partial charge is 0.253 e. The lowest BCUT2D eigenvalue weighted by atomic mass is 9.84. The number of anilines is 1. The van der Waals surface area contributed by atoms with E-state index in [1.807, 2.05) is 0 Å². The Kier molecular flexibility index (Phi) is 6.63. The van der Waals surface area contributed by atoms with E-state index in [0.29, 0.717) is 22.2 Å². The van der Waals surface area contributed by atoms with Crippen LogP contribution in [0.3, 0.4) is 0 Å². The predicted molar refractivity (Wildman–Crippen MR) is 86.6 cm³/mol. The van der Waals surface area contributed by atoms with Crippen LogP contribution in [0.1, 0.15) is 49.4 Å². The highest BCUT2D eigenvalue weighted by molar-refractivity contribution is 6.34. The van der Waals surface area contributed by atoms with E-state index in [0.717, 1.165) is 0 Å². The number of nitrogen functional groups attached to an aromatic ring is 1. The molecule has 0 aromatic heterocycles. The SMILES string of the molecule is CC(NC(=O)c1ccc(N)cc1Cl)C1CCCCC1.Cl. The van der Waals surface area contributed by atoms with E-state index in [2.05, 4.69) is 12.2 Å². The Labute approximate surface area is 131 Å². The molecule has 112 valence electrons. The van der Waals surface area contributed by atoms with E-state index < -0.39 is 0 Å². The fourth-order valence-electron chi connectivity index (χ4n) is 2.75. The Morgan fingerprint density at radius 1 is 1.35 bits per heavy atom. The van der Waals surface area contributed by atoms with Crippen molar-refractivity contribution in [1.29, 1.82) is 0 Å². The lowest BCUT2D eigenvalue weighted by molar-refractivity contribution is 0.0919. The highest BCUT2D eigenvalue weighted by atomic mass is 35.5. The quantitative estimate of drug-likeness (QED) is 0.827. The summed E-state index contributed by atoms with van der Waals surface area (Å²) in [6, 6.07) is 5.19. The molecule has 1 unspecified atom stereocenters. The third kappa shape index (κ3) is 4.29. The van der Waals surface area contributed by atoms with E-state index >= 15 is 0 Å². The zero-order valence-corrected chi connectivity index (χ0v) is 13.3. The number of amides is 1. The molecule has 0 radical (unpaired) electrons. The number of carbonyl (C=O) groups is 1. The van der Waals surface area contributed by atoms with Gasteiger partial charge < -0.3 is 11.1 Å². The summed E-state index contributed by atoms with van der Waals surface area (Å²) in [5, 5.41) is 3.47. The van der Waals surface area contributed by atoms with Crippen molar-refractivity contribution in [2.75, 3.05) is 5.73 Å². The molecule has 1 aromatic carbocycles. The first-order valence-electron chi connectivity index (χ1n) is 6.94. The average molecular weight is 317 g/mol. The molecule has 0 heterocycles. The van der Waals surface area contributed by atoms with Crippen LogP contribution in [0, 0.1) is 5.92 Å². The van der Waals surface area contributed by atoms with Gasteiger partial charge in [0.2, 0.25) is 0 Å². The molecule has 0 bridgehead atoms. The van der Waals surface area contributed by atoms with Crippen molar-refractivity contribution >= 4 is 35.6 Å².